The number of aromatic nitrogens is 1. The summed E-state index contributed by atoms with van der Waals surface area (Å²) in [5.41, 5.74) is 1.05. The normalized spacial score (nSPS) is 20.1. The number of carbonyl (C=O) groups is 1. The number of rotatable bonds is 3. The van der Waals surface area contributed by atoms with Crippen molar-refractivity contribution in [1.82, 2.24) is 10.3 Å². The van der Waals surface area contributed by atoms with Crippen LogP contribution in [-0.4, -0.2) is 23.6 Å². The van der Waals surface area contributed by atoms with E-state index in [9.17, 15) is 4.79 Å². The summed E-state index contributed by atoms with van der Waals surface area (Å²) in [6.45, 7) is 1.24. The SMILES string of the molecule is O=C(NCc1ccncc1)[C@@H]1CCCO1. The first-order valence-electron chi connectivity index (χ1n) is 5.14. The number of carbonyl (C=O) groups excluding carboxylic acids is 1. The van der Waals surface area contributed by atoms with Crippen molar-refractivity contribution in [3.63, 3.8) is 0 Å². The fraction of sp³-hybridized carbons (Fsp3) is 0.455. The predicted molar refractivity (Wildman–Crippen MR) is 55.1 cm³/mol. The summed E-state index contributed by atoms with van der Waals surface area (Å²) in [5.74, 6) is -0.00990. The van der Waals surface area contributed by atoms with E-state index >= 15 is 0 Å². The van der Waals surface area contributed by atoms with Crippen LogP contribution in [0.1, 0.15) is 18.4 Å². The largest absolute Gasteiger partial charge is 0.368 e. The van der Waals surface area contributed by atoms with Crippen LogP contribution in [0.4, 0.5) is 0 Å². The molecule has 0 radical (unpaired) electrons. The van der Waals surface area contributed by atoms with Crippen LogP contribution in [0.5, 0.6) is 0 Å². The van der Waals surface area contributed by atoms with Crippen molar-refractivity contribution in [2.24, 2.45) is 0 Å². The smallest absolute Gasteiger partial charge is 0.249 e. The van der Waals surface area contributed by atoms with Crippen LogP contribution < -0.4 is 5.32 Å². The summed E-state index contributed by atoms with van der Waals surface area (Å²) >= 11 is 0. The van der Waals surface area contributed by atoms with Crippen molar-refractivity contribution < 1.29 is 9.53 Å². The number of pyridine rings is 1. The molecule has 1 fully saturated rings. The lowest BCUT2D eigenvalue weighted by molar-refractivity contribution is -0.130. The fourth-order valence-corrected chi connectivity index (χ4v) is 1.59. The molecule has 2 rings (SSSR count). The maximum Gasteiger partial charge on any atom is 0.249 e. The van der Waals surface area contributed by atoms with Gasteiger partial charge in [-0.3, -0.25) is 9.78 Å². The molecule has 1 N–H and O–H groups in total. The van der Waals surface area contributed by atoms with Crippen molar-refractivity contribution in [2.75, 3.05) is 6.61 Å². The molecule has 80 valence electrons. The van der Waals surface area contributed by atoms with Gasteiger partial charge in [-0.15, -0.1) is 0 Å². The van der Waals surface area contributed by atoms with Gasteiger partial charge in [0.25, 0.3) is 0 Å². The minimum Gasteiger partial charge on any atom is -0.368 e. The Morgan fingerprint density at radius 1 is 1.53 bits per heavy atom. The van der Waals surface area contributed by atoms with E-state index in [1.165, 1.54) is 0 Å². The highest BCUT2D eigenvalue weighted by Crippen LogP contribution is 2.11. The zero-order valence-electron chi connectivity index (χ0n) is 8.48. The van der Waals surface area contributed by atoms with Crippen LogP contribution in [0.3, 0.4) is 0 Å². The standard InChI is InChI=1S/C11H14N2O2/c14-11(10-2-1-7-15-10)13-8-9-3-5-12-6-4-9/h3-6,10H,1-2,7-8H2,(H,13,14)/t10-/m0/s1. The van der Waals surface area contributed by atoms with Crippen LogP contribution in [0.2, 0.25) is 0 Å². The maximum absolute atomic E-state index is 11.6. The average molecular weight is 206 g/mol. The Hall–Kier alpha value is -1.42. The lowest BCUT2D eigenvalue weighted by atomic mass is 10.2. The Kier molecular flexibility index (Phi) is 3.29. The lowest BCUT2D eigenvalue weighted by Crippen LogP contribution is -2.33. The summed E-state index contributed by atoms with van der Waals surface area (Å²) in [5, 5.41) is 2.85. The number of hydrogen-bond acceptors (Lipinski definition) is 3. The molecule has 15 heavy (non-hydrogen) atoms. The summed E-state index contributed by atoms with van der Waals surface area (Å²) in [6, 6.07) is 3.77. The highest BCUT2D eigenvalue weighted by Gasteiger charge is 2.22. The molecule has 0 aliphatic carbocycles. The van der Waals surface area contributed by atoms with Gasteiger partial charge in [-0.25, -0.2) is 0 Å². The monoisotopic (exact) mass is 206 g/mol. The van der Waals surface area contributed by atoms with Gasteiger partial charge >= 0.3 is 0 Å². The zero-order valence-corrected chi connectivity index (χ0v) is 8.48. The second-order valence-corrected chi connectivity index (χ2v) is 3.57. The molecule has 0 aromatic carbocycles. The van der Waals surface area contributed by atoms with E-state index in [-0.39, 0.29) is 12.0 Å². The quantitative estimate of drug-likeness (QED) is 0.798. The molecular weight excluding hydrogens is 192 g/mol. The molecule has 0 spiro atoms. The molecule has 1 aromatic heterocycles. The van der Waals surface area contributed by atoms with Crippen LogP contribution in [0.15, 0.2) is 24.5 Å². The van der Waals surface area contributed by atoms with Gasteiger partial charge in [-0.1, -0.05) is 0 Å². The van der Waals surface area contributed by atoms with Crippen molar-refractivity contribution in [2.45, 2.75) is 25.5 Å². The van der Waals surface area contributed by atoms with Crippen molar-refractivity contribution >= 4 is 5.91 Å². The molecule has 1 saturated heterocycles. The van der Waals surface area contributed by atoms with E-state index in [1.54, 1.807) is 12.4 Å². The molecule has 0 unspecified atom stereocenters. The fourth-order valence-electron chi connectivity index (χ4n) is 1.59. The Morgan fingerprint density at radius 3 is 3.00 bits per heavy atom. The molecule has 4 nitrogen and oxygen atoms in total. The second-order valence-electron chi connectivity index (χ2n) is 3.57. The number of hydrogen-bond donors (Lipinski definition) is 1. The number of nitrogens with one attached hydrogen (secondary N) is 1. The van der Waals surface area contributed by atoms with Gasteiger partial charge in [0, 0.05) is 25.5 Å². The number of amides is 1. The summed E-state index contributed by atoms with van der Waals surface area (Å²) < 4.78 is 5.28. The Labute approximate surface area is 88.7 Å². The number of nitrogens with zero attached hydrogens (tertiary/aromatic N) is 1. The molecule has 1 aliphatic heterocycles. The molecule has 1 aromatic rings. The molecule has 4 heteroatoms. The van der Waals surface area contributed by atoms with Crippen molar-refractivity contribution in [3.05, 3.63) is 30.1 Å². The van der Waals surface area contributed by atoms with Gasteiger partial charge in [0.1, 0.15) is 6.10 Å². The predicted octanol–water partition coefficient (Wildman–Crippen LogP) is 0.877. The first-order valence-corrected chi connectivity index (χ1v) is 5.14. The molecular formula is C11H14N2O2. The third kappa shape index (κ3) is 2.76. The summed E-state index contributed by atoms with van der Waals surface area (Å²) in [6.07, 6.45) is 5.00. The third-order valence-electron chi connectivity index (χ3n) is 2.44. The van der Waals surface area contributed by atoms with E-state index in [2.05, 4.69) is 10.3 Å². The third-order valence-corrected chi connectivity index (χ3v) is 2.44. The van der Waals surface area contributed by atoms with Crippen molar-refractivity contribution in [1.29, 1.82) is 0 Å². The molecule has 1 atom stereocenters. The first kappa shape index (κ1) is 10.1. The van der Waals surface area contributed by atoms with Crippen LogP contribution in [0, 0.1) is 0 Å². The van der Waals surface area contributed by atoms with Crippen LogP contribution in [-0.2, 0) is 16.1 Å². The van der Waals surface area contributed by atoms with Crippen LogP contribution in [0.25, 0.3) is 0 Å². The topological polar surface area (TPSA) is 51.2 Å². The van der Waals surface area contributed by atoms with Gasteiger partial charge in [-0.05, 0) is 30.5 Å². The van der Waals surface area contributed by atoms with Crippen molar-refractivity contribution in [3.8, 4) is 0 Å². The molecule has 0 bridgehead atoms. The minimum absolute atomic E-state index is 0.00990. The van der Waals surface area contributed by atoms with E-state index in [4.69, 9.17) is 4.74 Å². The molecule has 1 aliphatic rings. The second kappa shape index (κ2) is 4.89. The van der Waals surface area contributed by atoms with E-state index in [1.807, 2.05) is 12.1 Å². The van der Waals surface area contributed by atoms with E-state index in [0.717, 1.165) is 18.4 Å². The van der Waals surface area contributed by atoms with Gasteiger partial charge in [-0.2, -0.15) is 0 Å². The minimum atomic E-state index is -0.244. The van der Waals surface area contributed by atoms with E-state index < -0.39 is 0 Å². The van der Waals surface area contributed by atoms with Gasteiger partial charge < -0.3 is 10.1 Å². The van der Waals surface area contributed by atoms with Gasteiger partial charge in [0.2, 0.25) is 5.91 Å². The molecule has 1 amide bonds. The van der Waals surface area contributed by atoms with Gasteiger partial charge in [0.05, 0.1) is 0 Å². The van der Waals surface area contributed by atoms with Gasteiger partial charge in [0.15, 0.2) is 0 Å². The highest BCUT2D eigenvalue weighted by atomic mass is 16.5. The summed E-state index contributed by atoms with van der Waals surface area (Å²) in [4.78, 5) is 15.5. The molecule has 0 saturated carbocycles. The highest BCUT2D eigenvalue weighted by molar-refractivity contribution is 5.80. The summed E-state index contributed by atoms with van der Waals surface area (Å²) in [7, 11) is 0. The average Bonchev–Trinajstić information content (AvgIpc) is 2.81. The zero-order chi connectivity index (χ0) is 10.5. The maximum atomic E-state index is 11.6. The lowest BCUT2D eigenvalue weighted by Gasteiger charge is -2.09. The Bertz CT molecular complexity index is 321. The van der Waals surface area contributed by atoms with E-state index in [0.29, 0.717) is 13.2 Å². The first-order chi connectivity index (χ1) is 7.36. The van der Waals surface area contributed by atoms with Crippen LogP contribution >= 0.6 is 0 Å². The molecule has 2 heterocycles. The Morgan fingerprint density at radius 2 is 2.33 bits per heavy atom. The number of ether oxygens (including phenoxy) is 1. The Balaban J connectivity index is 1.80.